The average molecular weight is 523 g/mol. The van der Waals surface area contributed by atoms with Crippen LogP contribution in [0.15, 0.2) is 29.7 Å². The summed E-state index contributed by atoms with van der Waals surface area (Å²) in [5.41, 5.74) is 4.52. The van der Waals surface area contributed by atoms with Gasteiger partial charge in [0.15, 0.2) is 6.23 Å². The van der Waals surface area contributed by atoms with E-state index in [0.29, 0.717) is 0 Å². The van der Waals surface area contributed by atoms with E-state index >= 15 is 0 Å². The van der Waals surface area contributed by atoms with Gasteiger partial charge in [0, 0.05) is 6.20 Å². The first kappa shape index (κ1) is 27.0. The summed E-state index contributed by atoms with van der Waals surface area (Å²) < 4.78 is 57.4. The Bertz CT molecular complexity index is 1030. The van der Waals surface area contributed by atoms with E-state index in [9.17, 15) is 33.4 Å². The van der Waals surface area contributed by atoms with Crippen molar-refractivity contribution in [3.8, 4) is 0 Å². The molecule has 0 saturated carbocycles. The molecule has 2 unspecified atom stereocenters. The van der Waals surface area contributed by atoms with Crippen LogP contribution >= 0.6 is 23.5 Å². The van der Waals surface area contributed by atoms with Crippen molar-refractivity contribution < 1.29 is 61.0 Å². The van der Waals surface area contributed by atoms with Gasteiger partial charge in [0.2, 0.25) is 0 Å². The molecule has 1 aromatic rings. The van der Waals surface area contributed by atoms with Gasteiger partial charge in [-0.3, -0.25) is 9.09 Å². The molecule has 0 amide bonds. The number of anilines is 1. The lowest BCUT2D eigenvalue weighted by Gasteiger charge is -2.21. The summed E-state index contributed by atoms with van der Waals surface area (Å²) in [6, 6.07) is 1.25. The number of ether oxygens (including phenoxy) is 2. The Morgan fingerprint density at radius 3 is 2.44 bits per heavy atom. The number of phosphoric ester groups is 1. The summed E-state index contributed by atoms with van der Waals surface area (Å²) in [6.45, 7) is 2.41. The number of nitrogens with zero attached hydrogens (tertiary/aromatic N) is 2. The van der Waals surface area contributed by atoms with Crippen molar-refractivity contribution in [1.29, 1.82) is 0 Å². The van der Waals surface area contributed by atoms with E-state index in [1.165, 1.54) is 18.3 Å². The van der Waals surface area contributed by atoms with Crippen molar-refractivity contribution in [3.05, 3.63) is 35.4 Å². The van der Waals surface area contributed by atoms with Gasteiger partial charge in [-0.2, -0.15) is 13.6 Å². The first-order chi connectivity index (χ1) is 14.6. The molecule has 1 aromatic heterocycles. The van der Waals surface area contributed by atoms with Gasteiger partial charge in [0.25, 0.3) is 0 Å². The van der Waals surface area contributed by atoms with Crippen LogP contribution in [0.1, 0.15) is 6.23 Å². The molecule has 0 aliphatic carbocycles. The zero-order valence-electron chi connectivity index (χ0n) is 15.9. The van der Waals surface area contributed by atoms with Crippen molar-refractivity contribution in [2.24, 2.45) is 0 Å². The molecule has 0 spiro atoms. The molecule has 17 nitrogen and oxygen atoms in total. The predicted molar refractivity (Wildman–Crippen MR) is 103 cm³/mol. The van der Waals surface area contributed by atoms with Gasteiger partial charge < -0.3 is 39.9 Å². The van der Waals surface area contributed by atoms with Crippen molar-refractivity contribution in [2.45, 2.75) is 24.5 Å². The molecule has 1 fully saturated rings. The highest BCUT2D eigenvalue weighted by molar-refractivity contribution is 7.66. The number of hydrogen-bond acceptors (Lipinski definition) is 12. The largest absolute Gasteiger partial charge is 0.490 e. The van der Waals surface area contributed by atoms with Gasteiger partial charge in [0.05, 0.1) is 13.2 Å². The Hall–Kier alpha value is -1.29. The molecule has 6 atom stereocenters. The summed E-state index contributed by atoms with van der Waals surface area (Å²) in [6.07, 6.45) is -3.02. The normalized spacial score (nSPS) is 27.5. The quantitative estimate of drug-likeness (QED) is 0.150. The lowest BCUT2D eigenvalue weighted by Crippen LogP contribution is -2.38. The van der Waals surface area contributed by atoms with Crippen molar-refractivity contribution in [1.82, 2.24) is 9.55 Å². The minimum Gasteiger partial charge on any atom is -0.386 e. The highest BCUT2D eigenvalue weighted by atomic mass is 31.3. The van der Waals surface area contributed by atoms with E-state index < -0.39 is 60.3 Å². The second kappa shape index (κ2) is 10.3. The zero-order valence-corrected chi connectivity index (χ0v) is 18.6. The summed E-state index contributed by atoms with van der Waals surface area (Å²) in [4.78, 5) is 51.3. The predicted octanol–water partition coefficient (Wildman–Crippen LogP) is -1.00. The number of phosphoric acid groups is 3. The fourth-order valence-electron chi connectivity index (χ4n) is 2.56. The number of aromatic nitrogens is 2. The molecule has 7 N–H and O–H groups in total. The van der Waals surface area contributed by atoms with E-state index in [2.05, 4.69) is 24.7 Å². The SMILES string of the molecule is C=CCO[C@H]1[C@@H](O)[C@H](n2ccc(N)nc2=O)O[C@@H]1COP(=O)(O)OP(=O)(O)OP(=O)(O)O. The lowest BCUT2D eigenvalue weighted by molar-refractivity contribution is -0.0580. The van der Waals surface area contributed by atoms with E-state index in [1.807, 2.05) is 0 Å². The van der Waals surface area contributed by atoms with E-state index in [4.69, 9.17) is 25.0 Å². The molecule has 1 aliphatic heterocycles. The standard InChI is InChI=1S/C12H20N3O14P3/c1-2-5-25-10-7(6-26-31(21,22)29-32(23,24)28-30(18,19)20)27-11(9(10)16)15-4-3-8(13)14-12(15)17/h2-4,7,9-11,16H,1,5-6H2,(H,21,22)(H,23,24)(H2,13,14,17)(H2,18,19,20)/t7-,9-,10-,11-/m1/s1. The minimum absolute atomic E-state index is 0.0950. The third kappa shape index (κ3) is 7.64. The molecule has 2 rings (SSSR count). The Labute approximate surface area is 179 Å². The Balaban J connectivity index is 2.16. The van der Waals surface area contributed by atoms with E-state index in [0.717, 1.165) is 4.57 Å². The summed E-state index contributed by atoms with van der Waals surface area (Å²) in [5.74, 6) is -0.0950. The first-order valence-corrected chi connectivity index (χ1v) is 12.9. The number of aliphatic hydroxyl groups excluding tert-OH is 1. The lowest BCUT2D eigenvalue weighted by atomic mass is 10.1. The van der Waals surface area contributed by atoms with Crippen LogP contribution in [0.4, 0.5) is 5.82 Å². The van der Waals surface area contributed by atoms with E-state index in [1.54, 1.807) is 0 Å². The monoisotopic (exact) mass is 523 g/mol. The van der Waals surface area contributed by atoms with Crippen LogP contribution < -0.4 is 11.4 Å². The number of nitrogen functional groups attached to an aromatic ring is 1. The molecule has 1 saturated heterocycles. The van der Waals surface area contributed by atoms with Crippen LogP contribution in [0.2, 0.25) is 0 Å². The Morgan fingerprint density at radius 1 is 1.22 bits per heavy atom. The van der Waals surface area contributed by atoms with Crippen LogP contribution in [-0.4, -0.2) is 65.8 Å². The highest BCUT2D eigenvalue weighted by Crippen LogP contribution is 2.66. The van der Waals surface area contributed by atoms with Crippen molar-refractivity contribution in [3.63, 3.8) is 0 Å². The molecular formula is C12H20N3O14P3. The van der Waals surface area contributed by atoms with Crippen molar-refractivity contribution in [2.75, 3.05) is 18.9 Å². The van der Waals surface area contributed by atoms with Crippen LogP contribution in [0.5, 0.6) is 0 Å². The fraction of sp³-hybridized carbons (Fsp3) is 0.500. The zero-order chi connectivity index (χ0) is 24.3. The number of nitrogens with two attached hydrogens (primary N) is 1. The van der Waals surface area contributed by atoms with Crippen molar-refractivity contribution >= 4 is 29.3 Å². The maximum absolute atomic E-state index is 12.0. The fourth-order valence-corrected chi connectivity index (χ4v) is 5.59. The molecule has 2 heterocycles. The number of aliphatic hydroxyl groups is 1. The van der Waals surface area contributed by atoms with Gasteiger partial charge in [-0.25, -0.2) is 18.5 Å². The third-order valence-electron chi connectivity index (χ3n) is 3.66. The maximum atomic E-state index is 12.0. The maximum Gasteiger partial charge on any atom is 0.490 e. The van der Waals surface area contributed by atoms with Gasteiger partial charge in [-0.15, -0.1) is 6.58 Å². The molecule has 32 heavy (non-hydrogen) atoms. The second-order valence-electron chi connectivity index (χ2n) is 6.07. The van der Waals surface area contributed by atoms with Crippen LogP contribution in [0.3, 0.4) is 0 Å². The van der Waals surface area contributed by atoms with Crippen LogP contribution in [-0.2, 0) is 36.3 Å². The molecule has 20 heteroatoms. The van der Waals surface area contributed by atoms with E-state index in [-0.39, 0.29) is 12.4 Å². The van der Waals surface area contributed by atoms with Gasteiger partial charge in [0.1, 0.15) is 24.1 Å². The molecular weight excluding hydrogens is 503 g/mol. The van der Waals surface area contributed by atoms with Gasteiger partial charge in [-0.05, 0) is 6.07 Å². The van der Waals surface area contributed by atoms with Gasteiger partial charge in [-0.1, -0.05) is 6.08 Å². The summed E-state index contributed by atoms with van der Waals surface area (Å²) in [5, 5.41) is 10.5. The number of rotatable bonds is 11. The molecule has 0 radical (unpaired) electrons. The smallest absolute Gasteiger partial charge is 0.386 e. The average Bonchev–Trinajstić information content (AvgIpc) is 2.91. The molecule has 0 aromatic carbocycles. The second-order valence-corrected chi connectivity index (χ2v) is 10.5. The summed E-state index contributed by atoms with van der Waals surface area (Å²) >= 11 is 0. The first-order valence-electron chi connectivity index (χ1n) is 8.33. The molecule has 1 aliphatic rings. The molecule has 182 valence electrons. The Morgan fingerprint density at radius 2 is 1.88 bits per heavy atom. The highest BCUT2D eigenvalue weighted by Gasteiger charge is 2.48. The summed E-state index contributed by atoms with van der Waals surface area (Å²) in [7, 11) is -16.7. The Kier molecular flexibility index (Phi) is 8.70. The third-order valence-corrected chi connectivity index (χ3v) is 7.46. The van der Waals surface area contributed by atoms with Gasteiger partial charge >= 0.3 is 29.2 Å². The minimum atomic E-state index is -5.71. The van der Waals surface area contributed by atoms with Crippen LogP contribution in [0, 0.1) is 0 Å². The molecule has 0 bridgehead atoms. The van der Waals surface area contributed by atoms with Crippen LogP contribution in [0.25, 0.3) is 0 Å². The topological polar surface area (TPSA) is 259 Å². The number of hydrogen-bond donors (Lipinski definition) is 6.